The van der Waals surface area contributed by atoms with E-state index in [4.69, 9.17) is 0 Å². The summed E-state index contributed by atoms with van der Waals surface area (Å²) in [5.41, 5.74) is 7.06. The summed E-state index contributed by atoms with van der Waals surface area (Å²) in [6.07, 6.45) is 2.68. The highest BCUT2D eigenvalue weighted by molar-refractivity contribution is 5.74. The lowest BCUT2D eigenvalue weighted by atomic mass is 9.77. The van der Waals surface area contributed by atoms with Crippen molar-refractivity contribution in [3.05, 3.63) is 59.2 Å². The van der Waals surface area contributed by atoms with Gasteiger partial charge in [-0.2, -0.15) is 0 Å². The van der Waals surface area contributed by atoms with Gasteiger partial charge in [0.15, 0.2) is 0 Å². The topological polar surface area (TPSA) is 3.24 Å². The molecule has 0 saturated heterocycles. The van der Waals surface area contributed by atoms with Crippen LogP contribution in [0.1, 0.15) is 35.4 Å². The van der Waals surface area contributed by atoms with E-state index in [1.165, 1.54) is 35.3 Å². The van der Waals surface area contributed by atoms with Gasteiger partial charge in [-0.15, -0.1) is 0 Å². The molecule has 1 aliphatic heterocycles. The highest BCUT2D eigenvalue weighted by Crippen LogP contribution is 2.54. The Morgan fingerprint density at radius 3 is 2.32 bits per heavy atom. The quantitative estimate of drug-likeness (QED) is 0.708. The molecule has 0 spiro atoms. The standard InChI is InChI=1S/C18H19N/c1-12-3-6-14(7-4-12)19-17-10-8-15(17)16-11-13(2)5-9-18(16)19/h3-7,9,11,15,17H,8,10H2,1-2H3. The van der Waals surface area contributed by atoms with Crippen LogP contribution in [0.15, 0.2) is 42.5 Å². The first kappa shape index (κ1) is 11.1. The van der Waals surface area contributed by atoms with Crippen molar-refractivity contribution in [3.8, 4) is 0 Å². The lowest BCUT2D eigenvalue weighted by molar-refractivity contribution is 0.367. The fraction of sp³-hybridized carbons (Fsp3) is 0.333. The third-order valence-corrected chi connectivity index (χ3v) is 4.72. The average molecular weight is 249 g/mol. The van der Waals surface area contributed by atoms with E-state index < -0.39 is 0 Å². The molecule has 0 N–H and O–H groups in total. The summed E-state index contributed by atoms with van der Waals surface area (Å²) in [6, 6.07) is 16.6. The Hall–Kier alpha value is -1.76. The normalized spacial score (nSPS) is 23.8. The number of hydrogen-bond acceptors (Lipinski definition) is 1. The van der Waals surface area contributed by atoms with Gasteiger partial charge in [-0.3, -0.25) is 0 Å². The number of hydrogen-bond donors (Lipinski definition) is 0. The van der Waals surface area contributed by atoms with Gasteiger partial charge < -0.3 is 4.90 Å². The molecule has 2 aliphatic rings. The second-order valence-electron chi connectivity index (χ2n) is 6.02. The van der Waals surface area contributed by atoms with Crippen LogP contribution in [0.25, 0.3) is 0 Å². The highest BCUT2D eigenvalue weighted by atomic mass is 15.2. The van der Waals surface area contributed by atoms with Crippen LogP contribution in [0, 0.1) is 13.8 Å². The van der Waals surface area contributed by atoms with Gasteiger partial charge in [0, 0.05) is 23.3 Å². The van der Waals surface area contributed by atoms with Crippen LogP contribution in [0.5, 0.6) is 0 Å². The molecular formula is C18H19N. The zero-order valence-electron chi connectivity index (χ0n) is 11.6. The van der Waals surface area contributed by atoms with E-state index in [1.54, 1.807) is 5.56 Å². The summed E-state index contributed by atoms with van der Waals surface area (Å²) in [6.45, 7) is 4.35. The number of fused-ring (bicyclic) bond motifs is 3. The van der Waals surface area contributed by atoms with Crippen LogP contribution in [0.3, 0.4) is 0 Å². The summed E-state index contributed by atoms with van der Waals surface area (Å²) in [5.74, 6) is 0.760. The maximum atomic E-state index is 2.56. The van der Waals surface area contributed by atoms with Gasteiger partial charge >= 0.3 is 0 Å². The summed E-state index contributed by atoms with van der Waals surface area (Å²) in [5, 5.41) is 0. The fourth-order valence-electron chi connectivity index (χ4n) is 3.56. The molecule has 0 aromatic heterocycles. The third-order valence-electron chi connectivity index (χ3n) is 4.72. The van der Waals surface area contributed by atoms with Crippen LogP contribution < -0.4 is 4.90 Å². The van der Waals surface area contributed by atoms with E-state index in [0.717, 1.165) is 5.92 Å². The number of anilines is 2. The molecule has 4 rings (SSSR count). The van der Waals surface area contributed by atoms with Gasteiger partial charge in [0.1, 0.15) is 0 Å². The van der Waals surface area contributed by atoms with E-state index in [1.807, 2.05) is 0 Å². The molecule has 1 heteroatoms. The Morgan fingerprint density at radius 1 is 0.895 bits per heavy atom. The van der Waals surface area contributed by atoms with Crippen molar-refractivity contribution in [2.24, 2.45) is 0 Å². The van der Waals surface area contributed by atoms with Crippen LogP contribution in [-0.4, -0.2) is 6.04 Å². The number of aryl methyl sites for hydroxylation is 2. The van der Waals surface area contributed by atoms with Crippen molar-refractivity contribution in [1.29, 1.82) is 0 Å². The van der Waals surface area contributed by atoms with Crippen LogP contribution >= 0.6 is 0 Å². The van der Waals surface area contributed by atoms with Gasteiger partial charge in [0.2, 0.25) is 0 Å². The maximum absolute atomic E-state index is 2.56. The predicted molar refractivity (Wildman–Crippen MR) is 80.3 cm³/mol. The Labute approximate surface area is 114 Å². The molecule has 0 radical (unpaired) electrons. The molecule has 2 unspecified atom stereocenters. The van der Waals surface area contributed by atoms with E-state index in [2.05, 4.69) is 61.2 Å². The maximum Gasteiger partial charge on any atom is 0.0449 e. The minimum atomic E-state index is 0.694. The molecule has 2 aromatic rings. The molecule has 0 bridgehead atoms. The fourth-order valence-corrected chi connectivity index (χ4v) is 3.56. The summed E-state index contributed by atoms with van der Waals surface area (Å²) < 4.78 is 0. The summed E-state index contributed by atoms with van der Waals surface area (Å²) in [4.78, 5) is 2.56. The number of benzene rings is 2. The summed E-state index contributed by atoms with van der Waals surface area (Å²) in [7, 11) is 0. The first-order valence-electron chi connectivity index (χ1n) is 7.20. The second kappa shape index (κ2) is 3.86. The van der Waals surface area contributed by atoms with Crippen LogP contribution in [0.2, 0.25) is 0 Å². The number of nitrogens with zero attached hydrogens (tertiary/aromatic N) is 1. The van der Waals surface area contributed by atoms with Gasteiger partial charge in [-0.25, -0.2) is 0 Å². The van der Waals surface area contributed by atoms with Crippen molar-refractivity contribution in [2.75, 3.05) is 4.90 Å². The second-order valence-corrected chi connectivity index (χ2v) is 6.02. The molecule has 19 heavy (non-hydrogen) atoms. The predicted octanol–water partition coefficient (Wildman–Crippen LogP) is 4.70. The smallest absolute Gasteiger partial charge is 0.0449 e. The van der Waals surface area contributed by atoms with Crippen molar-refractivity contribution in [1.82, 2.24) is 0 Å². The van der Waals surface area contributed by atoms with E-state index in [9.17, 15) is 0 Å². The monoisotopic (exact) mass is 249 g/mol. The highest BCUT2D eigenvalue weighted by Gasteiger charge is 2.44. The zero-order valence-corrected chi connectivity index (χ0v) is 11.6. The Kier molecular flexibility index (Phi) is 2.26. The molecule has 1 aliphatic carbocycles. The Bertz CT molecular complexity index is 627. The average Bonchev–Trinajstić information content (AvgIpc) is 2.57. The lowest BCUT2D eigenvalue weighted by Crippen LogP contribution is -2.37. The van der Waals surface area contributed by atoms with Gasteiger partial charge in [-0.1, -0.05) is 35.4 Å². The SMILES string of the molecule is Cc1ccc(N2c3ccc(C)cc3C3CCC32)cc1. The molecule has 1 fully saturated rings. The molecular weight excluding hydrogens is 230 g/mol. The molecule has 0 amide bonds. The molecule has 1 heterocycles. The van der Waals surface area contributed by atoms with Gasteiger partial charge in [0.05, 0.1) is 0 Å². The van der Waals surface area contributed by atoms with Crippen LogP contribution in [-0.2, 0) is 0 Å². The third kappa shape index (κ3) is 1.54. The van der Waals surface area contributed by atoms with E-state index in [0.29, 0.717) is 6.04 Å². The molecule has 2 aromatic carbocycles. The Balaban J connectivity index is 1.83. The van der Waals surface area contributed by atoms with E-state index in [-0.39, 0.29) is 0 Å². The first-order chi connectivity index (χ1) is 9.24. The molecule has 2 atom stereocenters. The first-order valence-corrected chi connectivity index (χ1v) is 7.20. The zero-order chi connectivity index (χ0) is 13.0. The van der Waals surface area contributed by atoms with Crippen molar-refractivity contribution in [2.45, 2.75) is 38.6 Å². The molecule has 96 valence electrons. The largest absolute Gasteiger partial charge is 0.338 e. The molecule has 1 nitrogen and oxygen atoms in total. The van der Waals surface area contributed by atoms with Gasteiger partial charge in [-0.05, 0) is 50.5 Å². The minimum absolute atomic E-state index is 0.694. The van der Waals surface area contributed by atoms with Crippen molar-refractivity contribution < 1.29 is 0 Å². The van der Waals surface area contributed by atoms with Gasteiger partial charge in [0.25, 0.3) is 0 Å². The van der Waals surface area contributed by atoms with Crippen molar-refractivity contribution in [3.63, 3.8) is 0 Å². The molecule has 1 saturated carbocycles. The Morgan fingerprint density at radius 2 is 1.63 bits per heavy atom. The number of rotatable bonds is 1. The van der Waals surface area contributed by atoms with E-state index >= 15 is 0 Å². The van der Waals surface area contributed by atoms with Crippen molar-refractivity contribution >= 4 is 11.4 Å². The minimum Gasteiger partial charge on any atom is -0.338 e. The summed E-state index contributed by atoms with van der Waals surface area (Å²) >= 11 is 0. The lowest BCUT2D eigenvalue weighted by Gasteiger charge is -2.37. The van der Waals surface area contributed by atoms with Crippen LogP contribution in [0.4, 0.5) is 11.4 Å².